The number of aromatic nitrogens is 3. The molecule has 1 amide bonds. The van der Waals surface area contributed by atoms with Crippen molar-refractivity contribution in [2.24, 2.45) is 0 Å². The van der Waals surface area contributed by atoms with Gasteiger partial charge >= 0.3 is 5.97 Å². The lowest BCUT2D eigenvalue weighted by Crippen LogP contribution is -2.17. The van der Waals surface area contributed by atoms with E-state index in [9.17, 15) is 9.59 Å². The van der Waals surface area contributed by atoms with Crippen molar-refractivity contribution in [3.8, 4) is 5.75 Å². The van der Waals surface area contributed by atoms with Crippen molar-refractivity contribution in [2.75, 3.05) is 18.2 Å². The van der Waals surface area contributed by atoms with Crippen LogP contribution in [0, 0.1) is 6.92 Å². The molecule has 208 valence electrons. The molecule has 1 aliphatic carbocycles. The van der Waals surface area contributed by atoms with Crippen LogP contribution in [-0.4, -0.2) is 39.5 Å². The standard InChI is InChI=1S/C28H33ClN4O4S2/c1-5-14-33-25(18(3)37-21-13-12-19(29)15-17(21)2)31-32-28(33)38-16-23(34)30-26-24(27(35)36-4)20-10-8-6-7-9-11-22(20)39-26/h5,12-13,15,18H,1,6-11,14,16H2,2-4H3,(H,30,34). The van der Waals surface area contributed by atoms with Crippen LogP contribution in [0.25, 0.3) is 0 Å². The Labute approximate surface area is 242 Å². The SMILES string of the molecule is C=CCn1c(SCC(=O)Nc2sc3c(c2C(=O)OC)CCCCCC3)nnc1C(C)Oc1ccc(Cl)cc1C. The molecule has 0 aliphatic heterocycles. The minimum absolute atomic E-state index is 0.101. The number of rotatable bonds is 10. The van der Waals surface area contributed by atoms with Crippen LogP contribution < -0.4 is 10.1 Å². The molecule has 1 unspecified atom stereocenters. The number of methoxy groups -OCH3 is 1. The van der Waals surface area contributed by atoms with Gasteiger partial charge in [0, 0.05) is 16.4 Å². The van der Waals surface area contributed by atoms with Gasteiger partial charge in [-0.15, -0.1) is 28.1 Å². The van der Waals surface area contributed by atoms with Crippen LogP contribution in [0.3, 0.4) is 0 Å². The summed E-state index contributed by atoms with van der Waals surface area (Å²) in [5.74, 6) is 0.800. The van der Waals surface area contributed by atoms with Gasteiger partial charge in [-0.05, 0) is 68.9 Å². The number of nitrogens with zero attached hydrogens (tertiary/aromatic N) is 3. The first-order valence-electron chi connectivity index (χ1n) is 12.9. The topological polar surface area (TPSA) is 95.3 Å². The Hall–Kier alpha value is -2.82. The minimum Gasteiger partial charge on any atom is -0.482 e. The number of halogens is 1. The summed E-state index contributed by atoms with van der Waals surface area (Å²) in [4.78, 5) is 26.8. The van der Waals surface area contributed by atoms with E-state index in [1.807, 2.05) is 30.5 Å². The third-order valence-corrected chi connectivity index (χ3v) is 8.92. The van der Waals surface area contributed by atoms with Gasteiger partial charge in [0.2, 0.25) is 5.91 Å². The van der Waals surface area contributed by atoms with Crippen LogP contribution in [0.4, 0.5) is 5.00 Å². The number of anilines is 1. The van der Waals surface area contributed by atoms with E-state index in [1.54, 1.807) is 12.1 Å². The van der Waals surface area contributed by atoms with Crippen LogP contribution in [0.15, 0.2) is 36.0 Å². The number of esters is 1. The number of fused-ring (bicyclic) bond motifs is 1. The number of thiophene rings is 1. The summed E-state index contributed by atoms with van der Waals surface area (Å²) in [6, 6.07) is 5.46. The second kappa shape index (κ2) is 13.5. The van der Waals surface area contributed by atoms with E-state index >= 15 is 0 Å². The fourth-order valence-electron chi connectivity index (χ4n) is 4.61. The number of carbonyl (C=O) groups excluding carboxylic acids is 2. The maximum atomic E-state index is 13.0. The normalized spacial score (nSPS) is 14.1. The highest BCUT2D eigenvalue weighted by atomic mass is 35.5. The average molecular weight is 589 g/mol. The predicted molar refractivity (Wildman–Crippen MR) is 156 cm³/mol. The fraction of sp³-hybridized carbons (Fsp3) is 0.429. The first-order valence-corrected chi connectivity index (χ1v) is 15.1. The summed E-state index contributed by atoms with van der Waals surface area (Å²) < 4.78 is 13.1. The molecule has 39 heavy (non-hydrogen) atoms. The smallest absolute Gasteiger partial charge is 0.341 e. The molecule has 0 fully saturated rings. The number of carbonyl (C=O) groups is 2. The second-order valence-electron chi connectivity index (χ2n) is 9.36. The summed E-state index contributed by atoms with van der Waals surface area (Å²) in [5.41, 5.74) is 2.44. The van der Waals surface area contributed by atoms with Gasteiger partial charge in [-0.3, -0.25) is 9.36 Å². The fourth-order valence-corrected chi connectivity index (χ4v) is 6.89. The van der Waals surface area contributed by atoms with E-state index in [2.05, 4.69) is 22.1 Å². The molecule has 2 aromatic heterocycles. The Balaban J connectivity index is 1.47. The van der Waals surface area contributed by atoms with Crippen LogP contribution in [-0.2, 0) is 28.9 Å². The predicted octanol–water partition coefficient (Wildman–Crippen LogP) is 6.80. The van der Waals surface area contributed by atoms with Gasteiger partial charge in [0.05, 0.1) is 18.4 Å². The van der Waals surface area contributed by atoms with E-state index in [0.29, 0.717) is 38.9 Å². The van der Waals surface area contributed by atoms with E-state index in [-0.39, 0.29) is 11.7 Å². The molecule has 0 saturated heterocycles. The van der Waals surface area contributed by atoms with Crippen molar-refractivity contribution < 1.29 is 19.1 Å². The molecule has 0 saturated carbocycles. The van der Waals surface area contributed by atoms with Gasteiger partial charge in [0.1, 0.15) is 10.8 Å². The Bertz CT molecular complexity index is 1350. The molecule has 3 aromatic rings. The highest BCUT2D eigenvalue weighted by Gasteiger charge is 2.26. The van der Waals surface area contributed by atoms with E-state index in [0.717, 1.165) is 43.2 Å². The van der Waals surface area contributed by atoms with E-state index in [1.165, 1.54) is 41.5 Å². The van der Waals surface area contributed by atoms with Crippen LogP contribution in [0.5, 0.6) is 5.75 Å². The zero-order valence-electron chi connectivity index (χ0n) is 22.4. The van der Waals surface area contributed by atoms with Gasteiger partial charge in [-0.25, -0.2) is 4.79 Å². The van der Waals surface area contributed by atoms with Crippen molar-refractivity contribution >= 4 is 51.6 Å². The zero-order valence-corrected chi connectivity index (χ0v) is 24.8. The first kappa shape index (κ1) is 29.2. The van der Waals surface area contributed by atoms with Crippen LogP contribution in [0.2, 0.25) is 5.02 Å². The molecular formula is C28H33ClN4O4S2. The zero-order chi connectivity index (χ0) is 27.9. The number of allylic oxidation sites excluding steroid dienone is 1. The molecule has 8 nitrogen and oxygen atoms in total. The monoisotopic (exact) mass is 588 g/mol. The number of hydrogen-bond acceptors (Lipinski definition) is 8. The van der Waals surface area contributed by atoms with Crippen molar-refractivity contribution in [1.29, 1.82) is 0 Å². The lowest BCUT2D eigenvalue weighted by atomic mass is 9.96. The molecule has 0 radical (unpaired) electrons. The number of nitrogens with one attached hydrogen (secondary N) is 1. The number of benzene rings is 1. The van der Waals surface area contributed by atoms with Crippen LogP contribution >= 0.6 is 34.7 Å². The summed E-state index contributed by atoms with van der Waals surface area (Å²) in [6.45, 7) is 8.15. The molecular weight excluding hydrogens is 556 g/mol. The highest BCUT2D eigenvalue weighted by molar-refractivity contribution is 7.99. The summed E-state index contributed by atoms with van der Waals surface area (Å²) in [6.07, 6.45) is 7.53. The average Bonchev–Trinajstić information content (AvgIpc) is 3.44. The van der Waals surface area contributed by atoms with Gasteiger partial charge in [-0.2, -0.15) is 0 Å². The van der Waals surface area contributed by atoms with Crippen molar-refractivity contribution in [2.45, 2.75) is 70.2 Å². The van der Waals surface area contributed by atoms with Crippen LogP contribution in [0.1, 0.15) is 70.9 Å². The lowest BCUT2D eigenvalue weighted by molar-refractivity contribution is -0.113. The second-order valence-corrected chi connectivity index (χ2v) is 11.8. The molecule has 1 atom stereocenters. The molecule has 11 heteroatoms. The first-order chi connectivity index (χ1) is 18.8. The molecule has 1 N–H and O–H groups in total. The van der Waals surface area contributed by atoms with E-state index < -0.39 is 12.1 Å². The summed E-state index contributed by atoms with van der Waals surface area (Å²) in [7, 11) is 1.37. The summed E-state index contributed by atoms with van der Waals surface area (Å²) >= 11 is 8.83. The van der Waals surface area contributed by atoms with E-state index in [4.69, 9.17) is 21.1 Å². The Morgan fingerprint density at radius 1 is 1.26 bits per heavy atom. The molecule has 1 aromatic carbocycles. The van der Waals surface area contributed by atoms with Gasteiger partial charge in [0.15, 0.2) is 17.1 Å². The Kier molecular flexibility index (Phi) is 10.1. The maximum absolute atomic E-state index is 13.0. The number of amides is 1. The molecule has 2 heterocycles. The Morgan fingerprint density at radius 2 is 2.03 bits per heavy atom. The number of ether oxygens (including phenoxy) is 2. The highest BCUT2D eigenvalue weighted by Crippen LogP contribution is 2.38. The molecule has 1 aliphatic rings. The quantitative estimate of drug-likeness (QED) is 0.158. The minimum atomic E-state index is -0.406. The molecule has 4 rings (SSSR count). The lowest BCUT2D eigenvalue weighted by Gasteiger charge is -2.17. The van der Waals surface area contributed by atoms with Gasteiger partial charge in [-0.1, -0.05) is 42.3 Å². The van der Waals surface area contributed by atoms with Gasteiger partial charge in [0.25, 0.3) is 0 Å². The number of hydrogen-bond donors (Lipinski definition) is 1. The largest absolute Gasteiger partial charge is 0.482 e. The van der Waals surface area contributed by atoms with Crippen molar-refractivity contribution in [3.63, 3.8) is 0 Å². The number of thioether (sulfide) groups is 1. The third-order valence-electron chi connectivity index (χ3n) is 6.51. The third kappa shape index (κ3) is 7.04. The molecule has 0 spiro atoms. The van der Waals surface area contributed by atoms with Crippen molar-refractivity contribution in [1.82, 2.24) is 14.8 Å². The van der Waals surface area contributed by atoms with Crippen molar-refractivity contribution in [3.05, 3.63) is 63.3 Å². The molecule has 0 bridgehead atoms. The van der Waals surface area contributed by atoms with Gasteiger partial charge < -0.3 is 14.8 Å². The maximum Gasteiger partial charge on any atom is 0.341 e. The Morgan fingerprint density at radius 3 is 2.74 bits per heavy atom. The number of aryl methyl sites for hydroxylation is 2. The summed E-state index contributed by atoms with van der Waals surface area (Å²) in [5, 5.41) is 13.4.